The third-order valence-electron chi connectivity index (χ3n) is 4.86. The van der Waals surface area contributed by atoms with Crippen molar-refractivity contribution in [3.8, 4) is 0 Å². The van der Waals surface area contributed by atoms with Crippen molar-refractivity contribution in [1.29, 1.82) is 0 Å². The van der Waals surface area contributed by atoms with Crippen molar-refractivity contribution in [2.45, 2.75) is 20.8 Å². The fourth-order valence-electron chi connectivity index (χ4n) is 3.70. The molecule has 26 heavy (non-hydrogen) atoms. The molecule has 6 heteroatoms. The van der Waals surface area contributed by atoms with Gasteiger partial charge in [0.25, 0.3) is 5.91 Å². The van der Waals surface area contributed by atoms with Crippen molar-refractivity contribution in [2.75, 3.05) is 46.4 Å². The normalized spacial score (nSPS) is 16.2. The van der Waals surface area contributed by atoms with Gasteiger partial charge in [0.1, 0.15) is 5.82 Å². The molecule has 0 saturated carbocycles. The molecule has 0 radical (unpaired) electrons. The second kappa shape index (κ2) is 7.62. The molecule has 142 valence electrons. The highest BCUT2D eigenvalue weighted by atomic mass is 32.1. The summed E-state index contributed by atoms with van der Waals surface area (Å²) in [6, 6.07) is 4.71. The summed E-state index contributed by atoms with van der Waals surface area (Å²) in [5, 5.41) is 0.833. The van der Waals surface area contributed by atoms with E-state index in [2.05, 4.69) is 18.7 Å². The van der Waals surface area contributed by atoms with Gasteiger partial charge in [-0.05, 0) is 41.5 Å². The molecule has 0 aliphatic carbocycles. The summed E-state index contributed by atoms with van der Waals surface area (Å²) in [6.45, 7) is 11.3. The number of carbonyl (C=O) groups excluding carboxylic acids is 1. The molecule has 0 unspecified atom stereocenters. The number of carbonyl (C=O) groups is 1. The van der Waals surface area contributed by atoms with Crippen LogP contribution in [0.2, 0.25) is 0 Å². The van der Waals surface area contributed by atoms with E-state index in [0.717, 1.165) is 48.5 Å². The van der Waals surface area contributed by atoms with Crippen LogP contribution in [0.3, 0.4) is 0 Å². The van der Waals surface area contributed by atoms with E-state index in [4.69, 9.17) is 4.74 Å². The second-order valence-corrected chi connectivity index (χ2v) is 8.96. The number of hydrogen-bond donors (Lipinski definition) is 0. The molecule has 1 aliphatic heterocycles. The minimum absolute atomic E-state index is 0.0131. The summed E-state index contributed by atoms with van der Waals surface area (Å²) in [5.41, 5.74) is 0.852. The molecule has 1 aromatic carbocycles. The molecule has 0 atom stereocenters. The van der Waals surface area contributed by atoms with Crippen LogP contribution in [0.4, 0.5) is 4.39 Å². The molecule has 2 aromatic rings. The lowest BCUT2D eigenvalue weighted by Gasteiger charge is -2.37. The second-order valence-electron chi connectivity index (χ2n) is 7.91. The average molecular weight is 379 g/mol. The first-order valence-electron chi connectivity index (χ1n) is 9.01. The van der Waals surface area contributed by atoms with Crippen LogP contribution >= 0.6 is 11.3 Å². The molecule has 2 heterocycles. The summed E-state index contributed by atoms with van der Waals surface area (Å²) in [7, 11) is 1.85. The molecular weight excluding hydrogens is 351 g/mol. The molecule has 4 nitrogen and oxygen atoms in total. The summed E-state index contributed by atoms with van der Waals surface area (Å²) in [5.74, 6) is -0.253. The van der Waals surface area contributed by atoms with Gasteiger partial charge in [0.05, 0.1) is 18.1 Å². The summed E-state index contributed by atoms with van der Waals surface area (Å²) in [4.78, 5) is 17.9. The molecule has 0 N–H and O–H groups in total. The molecule has 1 fully saturated rings. The van der Waals surface area contributed by atoms with E-state index < -0.39 is 0 Å². The monoisotopic (exact) mass is 378 g/mol. The summed E-state index contributed by atoms with van der Waals surface area (Å²) < 4.78 is 19.9. The number of thiophene rings is 1. The largest absolute Gasteiger partial charge is 0.379 e. The van der Waals surface area contributed by atoms with Crippen LogP contribution in [0.1, 0.15) is 29.1 Å². The Morgan fingerprint density at radius 2 is 2.04 bits per heavy atom. The van der Waals surface area contributed by atoms with Crippen molar-refractivity contribution in [2.24, 2.45) is 5.41 Å². The Labute approximate surface area is 158 Å². The van der Waals surface area contributed by atoms with Crippen molar-refractivity contribution >= 4 is 27.3 Å². The van der Waals surface area contributed by atoms with Gasteiger partial charge in [-0.1, -0.05) is 13.8 Å². The van der Waals surface area contributed by atoms with E-state index in [1.165, 1.54) is 23.5 Å². The first-order valence-corrected chi connectivity index (χ1v) is 9.83. The standard InChI is InChI=1S/C20H27FN2O2S/c1-14-16-11-15(21)5-6-17(16)26-18(14)19(24)22(4)12-20(2,3)13-23-7-9-25-10-8-23/h5-6,11H,7-10,12-13H2,1-4H3. The first kappa shape index (κ1) is 19.3. The van der Waals surface area contributed by atoms with E-state index in [1.807, 2.05) is 14.0 Å². The van der Waals surface area contributed by atoms with Gasteiger partial charge in [0.2, 0.25) is 0 Å². The number of rotatable bonds is 5. The number of aryl methyl sites for hydroxylation is 1. The van der Waals surface area contributed by atoms with Crippen LogP contribution in [0.5, 0.6) is 0 Å². The molecule has 1 amide bonds. The Morgan fingerprint density at radius 1 is 1.35 bits per heavy atom. The zero-order valence-corrected chi connectivity index (χ0v) is 16.8. The van der Waals surface area contributed by atoms with E-state index in [0.29, 0.717) is 11.4 Å². The fourth-order valence-corrected chi connectivity index (χ4v) is 4.88. The molecule has 3 rings (SSSR count). The fraction of sp³-hybridized carbons (Fsp3) is 0.550. The van der Waals surface area contributed by atoms with E-state index in [9.17, 15) is 9.18 Å². The maximum absolute atomic E-state index is 13.5. The van der Waals surface area contributed by atoms with Crippen LogP contribution in [0.15, 0.2) is 18.2 Å². The smallest absolute Gasteiger partial charge is 0.263 e. The first-order chi connectivity index (χ1) is 12.3. The Morgan fingerprint density at radius 3 is 2.73 bits per heavy atom. The number of benzene rings is 1. The lowest BCUT2D eigenvalue weighted by molar-refractivity contribution is 0.0163. The quantitative estimate of drug-likeness (QED) is 0.794. The van der Waals surface area contributed by atoms with Crippen molar-refractivity contribution in [3.05, 3.63) is 34.5 Å². The summed E-state index contributed by atoms with van der Waals surface area (Å²) in [6.07, 6.45) is 0. The molecule has 1 saturated heterocycles. The number of ether oxygens (including phenoxy) is 1. The van der Waals surface area contributed by atoms with Gasteiger partial charge < -0.3 is 9.64 Å². The topological polar surface area (TPSA) is 32.8 Å². The van der Waals surface area contributed by atoms with Crippen molar-refractivity contribution < 1.29 is 13.9 Å². The molecule has 0 spiro atoms. The molecule has 1 aliphatic rings. The number of halogens is 1. The minimum Gasteiger partial charge on any atom is -0.379 e. The Balaban J connectivity index is 1.71. The van der Waals surface area contributed by atoms with Crippen molar-refractivity contribution in [1.82, 2.24) is 9.80 Å². The predicted octanol–water partition coefficient (Wildman–Crippen LogP) is 3.78. The molecule has 0 bridgehead atoms. The van der Waals surface area contributed by atoms with E-state index in [1.54, 1.807) is 11.0 Å². The minimum atomic E-state index is -0.266. The van der Waals surface area contributed by atoms with Crippen LogP contribution < -0.4 is 0 Å². The van der Waals surface area contributed by atoms with E-state index >= 15 is 0 Å². The SMILES string of the molecule is Cc1c(C(=O)N(C)CC(C)(C)CN2CCOCC2)sc2ccc(F)cc12. The Bertz CT molecular complexity index is 796. The highest BCUT2D eigenvalue weighted by Gasteiger charge is 2.28. The number of morpholine rings is 1. The zero-order chi connectivity index (χ0) is 18.9. The average Bonchev–Trinajstić information content (AvgIpc) is 2.90. The highest BCUT2D eigenvalue weighted by Crippen LogP contribution is 2.32. The predicted molar refractivity (Wildman–Crippen MR) is 105 cm³/mol. The summed E-state index contributed by atoms with van der Waals surface area (Å²) >= 11 is 1.45. The van der Waals surface area contributed by atoms with Gasteiger partial charge in [-0.3, -0.25) is 9.69 Å². The third-order valence-corrected chi connectivity index (χ3v) is 6.12. The lowest BCUT2D eigenvalue weighted by Crippen LogP contribution is -2.46. The molecular formula is C20H27FN2O2S. The van der Waals surface area contributed by atoms with Crippen LogP contribution in [-0.2, 0) is 4.74 Å². The van der Waals surface area contributed by atoms with Gasteiger partial charge in [-0.15, -0.1) is 11.3 Å². The van der Waals surface area contributed by atoms with E-state index in [-0.39, 0.29) is 17.1 Å². The number of nitrogens with zero attached hydrogens (tertiary/aromatic N) is 2. The zero-order valence-electron chi connectivity index (χ0n) is 16.0. The van der Waals surface area contributed by atoms with Crippen molar-refractivity contribution in [3.63, 3.8) is 0 Å². The van der Waals surface area contributed by atoms with Gasteiger partial charge >= 0.3 is 0 Å². The maximum Gasteiger partial charge on any atom is 0.263 e. The third kappa shape index (κ3) is 4.24. The number of amides is 1. The Kier molecular flexibility index (Phi) is 5.65. The number of hydrogen-bond acceptors (Lipinski definition) is 4. The van der Waals surface area contributed by atoms with Crippen LogP contribution in [-0.4, -0.2) is 62.1 Å². The Hall–Kier alpha value is -1.50. The van der Waals surface area contributed by atoms with Gasteiger partial charge in [0, 0.05) is 37.9 Å². The van der Waals surface area contributed by atoms with Gasteiger partial charge in [0.15, 0.2) is 0 Å². The van der Waals surface area contributed by atoms with Gasteiger partial charge in [-0.25, -0.2) is 4.39 Å². The number of fused-ring (bicyclic) bond motifs is 1. The molecule has 1 aromatic heterocycles. The maximum atomic E-state index is 13.5. The lowest BCUT2D eigenvalue weighted by atomic mass is 9.91. The van der Waals surface area contributed by atoms with Crippen LogP contribution in [0, 0.1) is 18.2 Å². The van der Waals surface area contributed by atoms with Crippen LogP contribution in [0.25, 0.3) is 10.1 Å². The highest BCUT2D eigenvalue weighted by molar-refractivity contribution is 7.21. The van der Waals surface area contributed by atoms with Gasteiger partial charge in [-0.2, -0.15) is 0 Å².